The summed E-state index contributed by atoms with van der Waals surface area (Å²) in [4.78, 5) is 21.6. The molecule has 0 heterocycles. The van der Waals surface area contributed by atoms with E-state index in [0.29, 0.717) is 0 Å². The van der Waals surface area contributed by atoms with Crippen molar-refractivity contribution in [2.24, 2.45) is 0 Å². The fraction of sp³-hybridized carbons (Fsp3) is 0.875. The van der Waals surface area contributed by atoms with E-state index in [0.717, 1.165) is 13.2 Å². The highest BCUT2D eigenvalue weighted by atomic mass is 31.2. The molecular weight excluding hydrogens is 303 g/mol. The lowest BCUT2D eigenvalue weighted by Gasteiger charge is -2.03. The summed E-state index contributed by atoms with van der Waals surface area (Å²) in [6, 6.07) is 0. The zero-order chi connectivity index (χ0) is 17.7. The van der Waals surface area contributed by atoms with Gasteiger partial charge in [0.05, 0.1) is 0 Å². The SMILES string of the molecule is C=C.CCCCCCCCCOCCCCC.O=P(O)(O)O. The molecule has 22 heavy (non-hydrogen) atoms. The van der Waals surface area contributed by atoms with Crippen molar-refractivity contribution in [1.29, 1.82) is 0 Å². The third kappa shape index (κ3) is 50.3. The van der Waals surface area contributed by atoms with E-state index in [9.17, 15) is 0 Å². The van der Waals surface area contributed by atoms with Gasteiger partial charge in [0, 0.05) is 13.2 Å². The second kappa shape index (κ2) is 23.1. The number of phosphoric acid groups is 1. The van der Waals surface area contributed by atoms with Crippen LogP contribution in [0, 0.1) is 0 Å². The molecule has 0 spiro atoms. The van der Waals surface area contributed by atoms with E-state index in [-0.39, 0.29) is 0 Å². The molecule has 5 nitrogen and oxygen atoms in total. The van der Waals surface area contributed by atoms with Gasteiger partial charge in [0.1, 0.15) is 0 Å². The molecule has 136 valence electrons. The van der Waals surface area contributed by atoms with E-state index in [4.69, 9.17) is 24.0 Å². The largest absolute Gasteiger partial charge is 0.466 e. The lowest BCUT2D eigenvalue weighted by Crippen LogP contribution is -1.96. The summed E-state index contributed by atoms with van der Waals surface area (Å²) < 4.78 is 14.4. The van der Waals surface area contributed by atoms with Crippen molar-refractivity contribution < 1.29 is 24.0 Å². The van der Waals surface area contributed by atoms with Gasteiger partial charge in [-0.05, 0) is 12.8 Å². The van der Waals surface area contributed by atoms with Gasteiger partial charge in [-0.2, -0.15) is 0 Å². The van der Waals surface area contributed by atoms with Crippen LogP contribution in [0.25, 0.3) is 0 Å². The predicted octanol–water partition coefficient (Wildman–Crippen LogP) is 4.82. The van der Waals surface area contributed by atoms with Crippen LogP contribution in [0.3, 0.4) is 0 Å². The summed E-state index contributed by atoms with van der Waals surface area (Å²) in [7, 11) is -4.64. The first-order valence-electron chi connectivity index (χ1n) is 8.27. The molecule has 0 saturated carbocycles. The minimum atomic E-state index is -4.64. The molecule has 0 atom stereocenters. The van der Waals surface area contributed by atoms with Crippen LogP contribution in [0.2, 0.25) is 0 Å². The van der Waals surface area contributed by atoms with Crippen LogP contribution in [0.15, 0.2) is 13.2 Å². The molecule has 0 saturated heterocycles. The summed E-state index contributed by atoms with van der Waals surface area (Å²) in [5.41, 5.74) is 0. The first-order valence-corrected chi connectivity index (χ1v) is 9.84. The first kappa shape index (κ1) is 26.7. The molecular formula is C16H37O5P. The van der Waals surface area contributed by atoms with Gasteiger partial charge < -0.3 is 19.4 Å². The van der Waals surface area contributed by atoms with Crippen LogP contribution in [0.1, 0.15) is 78.1 Å². The van der Waals surface area contributed by atoms with Crippen molar-refractivity contribution in [3.8, 4) is 0 Å². The Morgan fingerprint density at radius 2 is 1.00 bits per heavy atom. The molecule has 6 heteroatoms. The molecule has 3 N–H and O–H groups in total. The fourth-order valence-electron chi connectivity index (χ4n) is 1.72. The third-order valence-electron chi connectivity index (χ3n) is 2.78. The van der Waals surface area contributed by atoms with E-state index >= 15 is 0 Å². The van der Waals surface area contributed by atoms with Gasteiger partial charge in [0.25, 0.3) is 0 Å². The quantitative estimate of drug-likeness (QED) is 0.269. The van der Waals surface area contributed by atoms with Crippen molar-refractivity contribution >= 4 is 7.82 Å². The average Bonchev–Trinajstić information content (AvgIpc) is 2.45. The fourth-order valence-corrected chi connectivity index (χ4v) is 1.72. The van der Waals surface area contributed by atoms with E-state index in [1.165, 1.54) is 64.2 Å². The summed E-state index contributed by atoms with van der Waals surface area (Å²) in [5.74, 6) is 0. The Kier molecular flexibility index (Phi) is 28.0. The van der Waals surface area contributed by atoms with Crippen LogP contribution in [0.5, 0.6) is 0 Å². The molecule has 0 unspecified atom stereocenters. The molecule has 0 bridgehead atoms. The third-order valence-corrected chi connectivity index (χ3v) is 2.78. The van der Waals surface area contributed by atoms with Gasteiger partial charge in [-0.1, -0.05) is 65.2 Å². The van der Waals surface area contributed by atoms with Gasteiger partial charge in [-0.25, -0.2) is 4.57 Å². The second-order valence-corrected chi connectivity index (χ2v) is 5.98. The summed E-state index contributed by atoms with van der Waals surface area (Å²) in [5, 5.41) is 0. The van der Waals surface area contributed by atoms with Crippen LogP contribution in [-0.2, 0) is 9.30 Å². The molecule has 0 amide bonds. The van der Waals surface area contributed by atoms with Crippen molar-refractivity contribution in [3.63, 3.8) is 0 Å². The summed E-state index contributed by atoms with van der Waals surface area (Å²) >= 11 is 0. The van der Waals surface area contributed by atoms with Crippen LogP contribution < -0.4 is 0 Å². The Hall–Kier alpha value is -0.190. The Bertz CT molecular complexity index is 210. The van der Waals surface area contributed by atoms with Crippen molar-refractivity contribution in [1.82, 2.24) is 0 Å². The predicted molar refractivity (Wildman–Crippen MR) is 93.9 cm³/mol. The van der Waals surface area contributed by atoms with Crippen LogP contribution >= 0.6 is 7.82 Å². The average molecular weight is 340 g/mol. The monoisotopic (exact) mass is 340 g/mol. The lowest BCUT2D eigenvalue weighted by atomic mass is 10.1. The standard InChI is InChI=1S/C14H30O.C2H4.H3O4P/c1-3-5-7-8-9-10-12-14-15-13-11-6-4-2;1-2;1-5(2,3)4/h3-14H2,1-2H3;1-2H2;(H3,1,2,3,4). The molecule has 0 aromatic rings. The maximum absolute atomic E-state index is 8.88. The van der Waals surface area contributed by atoms with E-state index in [1.807, 2.05) is 0 Å². The first-order chi connectivity index (χ1) is 10.4. The smallest absolute Gasteiger partial charge is 0.381 e. The van der Waals surface area contributed by atoms with Gasteiger partial charge in [0.15, 0.2) is 0 Å². The number of hydrogen-bond acceptors (Lipinski definition) is 2. The Morgan fingerprint density at radius 3 is 1.41 bits per heavy atom. The molecule has 0 radical (unpaired) electrons. The molecule has 0 rings (SSSR count). The maximum Gasteiger partial charge on any atom is 0.466 e. The van der Waals surface area contributed by atoms with Crippen molar-refractivity contribution in [3.05, 3.63) is 13.2 Å². The molecule has 0 fully saturated rings. The van der Waals surface area contributed by atoms with E-state index in [1.54, 1.807) is 0 Å². The molecule has 0 aliphatic heterocycles. The zero-order valence-electron chi connectivity index (χ0n) is 14.5. The Balaban J connectivity index is -0.000000434. The maximum atomic E-state index is 8.88. The molecule has 0 aromatic carbocycles. The summed E-state index contributed by atoms with van der Waals surface area (Å²) in [6.07, 6.45) is 13.5. The highest BCUT2D eigenvalue weighted by Crippen LogP contribution is 2.25. The van der Waals surface area contributed by atoms with Gasteiger partial charge in [0.2, 0.25) is 0 Å². The van der Waals surface area contributed by atoms with Crippen LogP contribution in [0.4, 0.5) is 0 Å². The van der Waals surface area contributed by atoms with E-state index in [2.05, 4.69) is 27.0 Å². The molecule has 0 aromatic heterocycles. The molecule has 0 aliphatic carbocycles. The molecule has 0 aliphatic rings. The number of hydrogen-bond donors (Lipinski definition) is 3. The summed E-state index contributed by atoms with van der Waals surface area (Å²) in [6.45, 7) is 12.5. The van der Waals surface area contributed by atoms with Gasteiger partial charge in [-0.15, -0.1) is 13.2 Å². The lowest BCUT2D eigenvalue weighted by molar-refractivity contribution is 0.126. The highest BCUT2D eigenvalue weighted by molar-refractivity contribution is 7.45. The van der Waals surface area contributed by atoms with Crippen molar-refractivity contribution in [2.45, 2.75) is 78.1 Å². The Labute approximate surface area is 137 Å². The number of ether oxygens (including phenoxy) is 1. The highest BCUT2D eigenvalue weighted by Gasteiger charge is 2.00. The Morgan fingerprint density at radius 1 is 0.727 bits per heavy atom. The number of unbranched alkanes of at least 4 members (excludes halogenated alkanes) is 8. The van der Waals surface area contributed by atoms with Gasteiger partial charge in [-0.3, -0.25) is 0 Å². The normalized spacial score (nSPS) is 10.2. The topological polar surface area (TPSA) is 87.0 Å². The van der Waals surface area contributed by atoms with Crippen LogP contribution in [-0.4, -0.2) is 27.9 Å². The minimum Gasteiger partial charge on any atom is -0.381 e. The minimum absolute atomic E-state index is 0.976. The number of rotatable bonds is 12. The van der Waals surface area contributed by atoms with Gasteiger partial charge >= 0.3 is 7.82 Å². The zero-order valence-corrected chi connectivity index (χ0v) is 15.4. The second-order valence-electron chi connectivity index (χ2n) is 4.95. The van der Waals surface area contributed by atoms with E-state index < -0.39 is 7.82 Å². The van der Waals surface area contributed by atoms with Crippen molar-refractivity contribution in [2.75, 3.05) is 13.2 Å².